The number of rotatable bonds is 8. The first-order valence-electron chi connectivity index (χ1n) is 9.09. The predicted molar refractivity (Wildman–Crippen MR) is 104 cm³/mol. The van der Waals surface area contributed by atoms with Crippen molar-refractivity contribution in [2.45, 2.75) is 19.4 Å². The maximum Gasteiger partial charge on any atom is 0.161 e. The average molecular weight is 376 g/mol. The Morgan fingerprint density at radius 2 is 1.88 bits per heavy atom. The molecule has 140 valence electrons. The first-order chi connectivity index (χ1) is 12.7. The number of morpholine rings is 1. The van der Waals surface area contributed by atoms with Crippen LogP contribution in [0.3, 0.4) is 0 Å². The highest BCUT2D eigenvalue weighted by Gasteiger charge is 2.11. The summed E-state index contributed by atoms with van der Waals surface area (Å²) < 4.78 is 16.8. The molecular formula is C21H26ClNO3. The van der Waals surface area contributed by atoms with E-state index in [1.54, 1.807) is 7.11 Å². The first-order valence-corrected chi connectivity index (χ1v) is 9.46. The van der Waals surface area contributed by atoms with Gasteiger partial charge in [-0.05, 0) is 54.8 Å². The Labute approximate surface area is 160 Å². The minimum absolute atomic E-state index is 0.466. The third-order valence-corrected chi connectivity index (χ3v) is 4.79. The van der Waals surface area contributed by atoms with Crippen molar-refractivity contribution in [1.82, 2.24) is 4.90 Å². The van der Waals surface area contributed by atoms with Gasteiger partial charge in [0.1, 0.15) is 6.61 Å². The molecule has 1 saturated heterocycles. The molecule has 0 spiro atoms. The van der Waals surface area contributed by atoms with E-state index in [1.165, 1.54) is 5.56 Å². The lowest BCUT2D eigenvalue weighted by molar-refractivity contribution is 0.0374. The molecule has 1 aliphatic heterocycles. The minimum atomic E-state index is 0.466. The molecule has 1 heterocycles. The van der Waals surface area contributed by atoms with Gasteiger partial charge in [-0.3, -0.25) is 4.90 Å². The molecule has 0 unspecified atom stereocenters. The zero-order valence-electron chi connectivity index (χ0n) is 15.2. The molecule has 5 heteroatoms. The number of hydrogen-bond donors (Lipinski definition) is 0. The lowest BCUT2D eigenvalue weighted by atomic mass is 10.1. The maximum atomic E-state index is 6.04. The molecule has 0 atom stereocenters. The zero-order valence-corrected chi connectivity index (χ0v) is 16.0. The first kappa shape index (κ1) is 19.0. The molecule has 3 rings (SSSR count). The van der Waals surface area contributed by atoms with E-state index in [1.807, 2.05) is 30.3 Å². The summed E-state index contributed by atoms with van der Waals surface area (Å²) in [5.74, 6) is 1.53. The standard InChI is InChI=1S/C21H26ClNO3/c1-24-20-8-7-17(5-3-9-23-10-12-25-13-11-23)15-21(20)26-16-18-4-2-6-19(22)14-18/h2,4,6-8,14-15H,3,5,9-13,16H2,1H3. The van der Waals surface area contributed by atoms with Gasteiger partial charge in [-0.25, -0.2) is 0 Å². The van der Waals surface area contributed by atoms with Gasteiger partial charge in [0.15, 0.2) is 11.5 Å². The van der Waals surface area contributed by atoms with Crippen molar-refractivity contribution in [2.24, 2.45) is 0 Å². The summed E-state index contributed by atoms with van der Waals surface area (Å²) in [5.41, 5.74) is 2.30. The summed E-state index contributed by atoms with van der Waals surface area (Å²) in [6.45, 7) is 5.35. The molecule has 0 radical (unpaired) electrons. The van der Waals surface area contributed by atoms with Gasteiger partial charge in [0.2, 0.25) is 0 Å². The molecule has 26 heavy (non-hydrogen) atoms. The van der Waals surface area contributed by atoms with Crippen LogP contribution < -0.4 is 9.47 Å². The highest BCUT2D eigenvalue weighted by molar-refractivity contribution is 6.30. The van der Waals surface area contributed by atoms with Crippen LogP contribution in [0.5, 0.6) is 11.5 Å². The van der Waals surface area contributed by atoms with Gasteiger partial charge in [0.05, 0.1) is 20.3 Å². The van der Waals surface area contributed by atoms with E-state index in [-0.39, 0.29) is 0 Å². The second-order valence-corrected chi connectivity index (χ2v) is 6.90. The van der Waals surface area contributed by atoms with Crippen LogP contribution in [0.15, 0.2) is 42.5 Å². The maximum absolute atomic E-state index is 6.04. The number of benzene rings is 2. The Morgan fingerprint density at radius 3 is 2.65 bits per heavy atom. The predicted octanol–water partition coefficient (Wildman–Crippen LogP) is 4.19. The van der Waals surface area contributed by atoms with Crippen LogP contribution in [0.4, 0.5) is 0 Å². The van der Waals surface area contributed by atoms with E-state index < -0.39 is 0 Å². The molecule has 1 aliphatic rings. The van der Waals surface area contributed by atoms with Gasteiger partial charge in [-0.1, -0.05) is 29.8 Å². The van der Waals surface area contributed by atoms with Crippen molar-refractivity contribution in [2.75, 3.05) is 40.0 Å². The van der Waals surface area contributed by atoms with Crippen molar-refractivity contribution in [3.05, 3.63) is 58.6 Å². The molecule has 2 aromatic rings. The fourth-order valence-electron chi connectivity index (χ4n) is 3.11. The smallest absolute Gasteiger partial charge is 0.161 e. The third kappa shape index (κ3) is 5.63. The normalized spacial score (nSPS) is 15.0. The lowest BCUT2D eigenvalue weighted by Crippen LogP contribution is -2.36. The largest absolute Gasteiger partial charge is 0.493 e. The van der Waals surface area contributed by atoms with Crippen LogP contribution in [0.1, 0.15) is 17.5 Å². The Balaban J connectivity index is 1.56. The molecule has 0 bridgehead atoms. The third-order valence-electron chi connectivity index (χ3n) is 4.55. The van der Waals surface area contributed by atoms with Crippen LogP contribution in [-0.2, 0) is 17.8 Å². The van der Waals surface area contributed by atoms with Crippen LogP contribution in [0.2, 0.25) is 5.02 Å². The van der Waals surface area contributed by atoms with Gasteiger partial charge in [0, 0.05) is 18.1 Å². The molecule has 4 nitrogen and oxygen atoms in total. The fraction of sp³-hybridized carbons (Fsp3) is 0.429. The molecule has 2 aromatic carbocycles. The molecule has 0 aliphatic carbocycles. The number of hydrogen-bond acceptors (Lipinski definition) is 4. The van der Waals surface area contributed by atoms with Crippen LogP contribution >= 0.6 is 11.6 Å². The topological polar surface area (TPSA) is 30.9 Å². The Hall–Kier alpha value is -1.75. The van der Waals surface area contributed by atoms with Crippen molar-refractivity contribution in [3.8, 4) is 11.5 Å². The van der Waals surface area contributed by atoms with E-state index in [4.69, 9.17) is 25.8 Å². The number of halogens is 1. The summed E-state index contributed by atoms with van der Waals surface area (Å²) in [6, 6.07) is 13.9. The number of ether oxygens (including phenoxy) is 3. The second-order valence-electron chi connectivity index (χ2n) is 6.46. The van der Waals surface area contributed by atoms with E-state index >= 15 is 0 Å². The Morgan fingerprint density at radius 1 is 1.04 bits per heavy atom. The number of methoxy groups -OCH3 is 1. The van der Waals surface area contributed by atoms with Gasteiger partial charge < -0.3 is 14.2 Å². The quantitative estimate of drug-likeness (QED) is 0.692. The van der Waals surface area contributed by atoms with Gasteiger partial charge in [-0.2, -0.15) is 0 Å². The average Bonchev–Trinajstić information content (AvgIpc) is 2.67. The minimum Gasteiger partial charge on any atom is -0.493 e. The molecule has 1 fully saturated rings. The van der Waals surface area contributed by atoms with Crippen molar-refractivity contribution in [1.29, 1.82) is 0 Å². The second kappa shape index (κ2) is 9.81. The van der Waals surface area contributed by atoms with Crippen molar-refractivity contribution >= 4 is 11.6 Å². The van der Waals surface area contributed by atoms with Crippen LogP contribution in [0, 0.1) is 0 Å². The molecule has 0 saturated carbocycles. The fourth-order valence-corrected chi connectivity index (χ4v) is 3.32. The highest BCUT2D eigenvalue weighted by atomic mass is 35.5. The van der Waals surface area contributed by atoms with Gasteiger partial charge in [0.25, 0.3) is 0 Å². The summed E-state index contributed by atoms with van der Waals surface area (Å²) in [5, 5.41) is 0.718. The van der Waals surface area contributed by atoms with Crippen molar-refractivity contribution in [3.63, 3.8) is 0 Å². The molecule has 0 N–H and O–H groups in total. The summed E-state index contributed by atoms with van der Waals surface area (Å²) in [7, 11) is 1.67. The lowest BCUT2D eigenvalue weighted by Gasteiger charge is -2.26. The highest BCUT2D eigenvalue weighted by Crippen LogP contribution is 2.29. The van der Waals surface area contributed by atoms with E-state index in [0.29, 0.717) is 6.61 Å². The van der Waals surface area contributed by atoms with Crippen molar-refractivity contribution < 1.29 is 14.2 Å². The summed E-state index contributed by atoms with van der Waals surface area (Å²) in [4.78, 5) is 2.46. The van der Waals surface area contributed by atoms with Gasteiger partial charge >= 0.3 is 0 Å². The number of aryl methyl sites for hydroxylation is 1. The van der Waals surface area contributed by atoms with E-state index in [2.05, 4.69) is 17.0 Å². The van der Waals surface area contributed by atoms with Crippen LogP contribution in [-0.4, -0.2) is 44.9 Å². The molecular weight excluding hydrogens is 350 g/mol. The molecule has 0 amide bonds. The van der Waals surface area contributed by atoms with E-state index in [9.17, 15) is 0 Å². The summed E-state index contributed by atoms with van der Waals surface area (Å²) >= 11 is 6.04. The zero-order chi connectivity index (χ0) is 18.2. The number of nitrogens with zero attached hydrogens (tertiary/aromatic N) is 1. The molecule has 0 aromatic heterocycles. The Bertz CT molecular complexity index is 701. The van der Waals surface area contributed by atoms with Crippen LogP contribution in [0.25, 0.3) is 0 Å². The Kier molecular flexibility index (Phi) is 7.18. The van der Waals surface area contributed by atoms with E-state index in [0.717, 1.165) is 67.8 Å². The monoisotopic (exact) mass is 375 g/mol. The van der Waals surface area contributed by atoms with Gasteiger partial charge in [-0.15, -0.1) is 0 Å². The summed E-state index contributed by atoms with van der Waals surface area (Å²) in [6.07, 6.45) is 2.15. The SMILES string of the molecule is COc1ccc(CCCN2CCOCC2)cc1OCc1cccc(Cl)c1.